The Bertz CT molecular complexity index is 901. The molecule has 5 heteroatoms. The Kier molecular flexibility index (Phi) is 3.12. The molecular formula is C17H15N3OS. The quantitative estimate of drug-likeness (QED) is 0.742. The van der Waals surface area contributed by atoms with Gasteiger partial charge in [-0.15, -0.1) is 11.3 Å². The Morgan fingerprint density at radius 3 is 3.05 bits per heavy atom. The van der Waals surface area contributed by atoms with Crippen LogP contribution in [0.4, 0.5) is 0 Å². The van der Waals surface area contributed by atoms with Crippen molar-refractivity contribution in [1.29, 1.82) is 5.26 Å². The van der Waals surface area contributed by atoms with Crippen LogP contribution in [0.3, 0.4) is 0 Å². The summed E-state index contributed by atoms with van der Waals surface area (Å²) in [5.74, 6) is 0.795. The normalized spacial score (nSPS) is 13.3. The summed E-state index contributed by atoms with van der Waals surface area (Å²) in [6.45, 7) is 0. The second-order valence-electron chi connectivity index (χ2n) is 5.39. The van der Waals surface area contributed by atoms with E-state index in [1.807, 2.05) is 24.3 Å². The lowest BCUT2D eigenvalue weighted by atomic mass is 10.1. The van der Waals surface area contributed by atoms with E-state index >= 15 is 0 Å². The van der Waals surface area contributed by atoms with E-state index in [9.17, 15) is 5.26 Å². The van der Waals surface area contributed by atoms with Gasteiger partial charge >= 0.3 is 0 Å². The maximum atomic E-state index is 9.26. The smallest absolute Gasteiger partial charge is 0.194 e. The molecule has 0 bridgehead atoms. The summed E-state index contributed by atoms with van der Waals surface area (Å²) in [4.78, 5) is 7.24. The van der Waals surface area contributed by atoms with Crippen LogP contribution in [0.15, 0.2) is 24.3 Å². The fourth-order valence-corrected chi connectivity index (χ4v) is 4.46. The van der Waals surface area contributed by atoms with Gasteiger partial charge in [0.1, 0.15) is 5.75 Å². The van der Waals surface area contributed by atoms with Crippen LogP contribution < -0.4 is 4.74 Å². The Hall–Kier alpha value is -2.32. The van der Waals surface area contributed by atoms with Gasteiger partial charge in [-0.1, -0.05) is 12.1 Å². The van der Waals surface area contributed by atoms with E-state index in [-0.39, 0.29) is 0 Å². The number of benzene rings is 1. The Balaban J connectivity index is 2.00. The number of imidazole rings is 1. The lowest BCUT2D eigenvalue weighted by Crippen LogP contribution is -1.97. The van der Waals surface area contributed by atoms with E-state index in [0.29, 0.717) is 6.42 Å². The van der Waals surface area contributed by atoms with Gasteiger partial charge in [-0.2, -0.15) is 5.26 Å². The zero-order valence-electron chi connectivity index (χ0n) is 12.3. The highest BCUT2D eigenvalue weighted by Gasteiger charge is 2.25. The van der Waals surface area contributed by atoms with Crippen molar-refractivity contribution in [3.8, 4) is 23.1 Å². The SMILES string of the molecule is COc1ccccc1-c1nc2sc3c(n2c1CC#N)CCC3. The van der Waals surface area contributed by atoms with Crippen LogP contribution in [-0.2, 0) is 19.3 Å². The first kappa shape index (κ1) is 13.4. The van der Waals surface area contributed by atoms with E-state index in [4.69, 9.17) is 9.72 Å². The number of hydrogen-bond donors (Lipinski definition) is 0. The fraction of sp³-hybridized carbons (Fsp3) is 0.294. The van der Waals surface area contributed by atoms with E-state index in [1.54, 1.807) is 18.4 Å². The second-order valence-corrected chi connectivity index (χ2v) is 6.45. The first-order chi connectivity index (χ1) is 10.8. The Morgan fingerprint density at radius 1 is 1.36 bits per heavy atom. The molecule has 0 unspecified atom stereocenters. The van der Waals surface area contributed by atoms with Gasteiger partial charge in [-0.3, -0.25) is 4.40 Å². The van der Waals surface area contributed by atoms with Gasteiger partial charge in [0.15, 0.2) is 4.96 Å². The van der Waals surface area contributed by atoms with Crippen molar-refractivity contribution in [3.05, 3.63) is 40.5 Å². The van der Waals surface area contributed by atoms with Crippen LogP contribution >= 0.6 is 11.3 Å². The molecule has 0 amide bonds. The number of aryl methyl sites for hydroxylation is 2. The van der Waals surface area contributed by atoms with Gasteiger partial charge in [-0.25, -0.2) is 4.98 Å². The standard InChI is InChI=1S/C17H15N3OS/c1-21-14-7-3-2-5-11(14)16-13(9-10-18)20-12-6-4-8-15(12)22-17(20)19-16/h2-3,5,7H,4,6,8-9H2,1H3. The number of rotatable bonds is 3. The Morgan fingerprint density at radius 2 is 2.23 bits per heavy atom. The maximum Gasteiger partial charge on any atom is 0.194 e. The van der Waals surface area contributed by atoms with Crippen molar-refractivity contribution in [1.82, 2.24) is 9.38 Å². The number of para-hydroxylation sites is 1. The number of nitriles is 1. The van der Waals surface area contributed by atoms with Crippen LogP contribution in [0.1, 0.15) is 22.7 Å². The largest absolute Gasteiger partial charge is 0.496 e. The molecule has 1 aromatic carbocycles. The molecule has 0 atom stereocenters. The van der Waals surface area contributed by atoms with Crippen molar-refractivity contribution in [2.75, 3.05) is 7.11 Å². The van der Waals surface area contributed by atoms with Gasteiger partial charge in [0.05, 0.1) is 31.0 Å². The molecule has 2 heterocycles. The van der Waals surface area contributed by atoms with Crippen molar-refractivity contribution in [2.24, 2.45) is 0 Å². The zero-order valence-corrected chi connectivity index (χ0v) is 13.1. The van der Waals surface area contributed by atoms with E-state index in [0.717, 1.165) is 40.5 Å². The van der Waals surface area contributed by atoms with E-state index < -0.39 is 0 Å². The van der Waals surface area contributed by atoms with E-state index in [2.05, 4.69) is 10.5 Å². The average Bonchev–Trinajstić information content (AvgIpc) is 3.19. The third kappa shape index (κ3) is 1.84. The molecule has 0 saturated carbocycles. The third-order valence-corrected chi connectivity index (χ3v) is 5.32. The molecule has 1 aliphatic carbocycles. The summed E-state index contributed by atoms with van der Waals surface area (Å²) in [7, 11) is 1.67. The Labute approximate surface area is 132 Å². The van der Waals surface area contributed by atoms with Crippen LogP contribution in [0.25, 0.3) is 16.2 Å². The number of methoxy groups -OCH3 is 1. The third-order valence-electron chi connectivity index (χ3n) is 4.17. The van der Waals surface area contributed by atoms with Crippen LogP contribution in [0, 0.1) is 11.3 Å². The van der Waals surface area contributed by atoms with Crippen molar-refractivity contribution in [2.45, 2.75) is 25.7 Å². The molecule has 4 nitrogen and oxygen atoms in total. The molecule has 2 aromatic heterocycles. The monoisotopic (exact) mass is 309 g/mol. The number of hydrogen-bond acceptors (Lipinski definition) is 4. The fourth-order valence-electron chi connectivity index (χ4n) is 3.23. The zero-order chi connectivity index (χ0) is 15.1. The lowest BCUT2D eigenvalue weighted by Gasteiger charge is -2.07. The van der Waals surface area contributed by atoms with Crippen molar-refractivity contribution in [3.63, 3.8) is 0 Å². The molecule has 110 valence electrons. The minimum Gasteiger partial charge on any atom is -0.496 e. The van der Waals surface area contributed by atoms with Gasteiger partial charge in [0.25, 0.3) is 0 Å². The first-order valence-corrected chi connectivity index (χ1v) is 8.17. The van der Waals surface area contributed by atoms with Gasteiger partial charge in [0, 0.05) is 16.1 Å². The average molecular weight is 309 g/mol. The maximum absolute atomic E-state index is 9.26. The molecule has 4 rings (SSSR count). The lowest BCUT2D eigenvalue weighted by molar-refractivity contribution is 0.416. The molecule has 0 N–H and O–H groups in total. The molecule has 0 radical (unpaired) electrons. The molecular weight excluding hydrogens is 294 g/mol. The van der Waals surface area contributed by atoms with Crippen molar-refractivity contribution >= 4 is 16.3 Å². The highest BCUT2D eigenvalue weighted by atomic mass is 32.1. The molecule has 0 spiro atoms. The number of nitrogens with zero attached hydrogens (tertiary/aromatic N) is 3. The summed E-state index contributed by atoms with van der Waals surface area (Å²) < 4.78 is 7.68. The minimum absolute atomic E-state index is 0.359. The molecule has 22 heavy (non-hydrogen) atoms. The highest BCUT2D eigenvalue weighted by Crippen LogP contribution is 2.38. The molecule has 0 fully saturated rings. The minimum atomic E-state index is 0.359. The predicted molar refractivity (Wildman–Crippen MR) is 86.4 cm³/mol. The van der Waals surface area contributed by atoms with Crippen LogP contribution in [0.5, 0.6) is 5.75 Å². The second kappa shape index (κ2) is 5.15. The number of fused-ring (bicyclic) bond motifs is 3. The predicted octanol–water partition coefficient (Wildman–Crippen LogP) is 3.63. The van der Waals surface area contributed by atoms with Crippen LogP contribution in [0.2, 0.25) is 0 Å². The summed E-state index contributed by atoms with van der Waals surface area (Å²) in [5, 5.41) is 9.26. The van der Waals surface area contributed by atoms with Crippen molar-refractivity contribution < 1.29 is 4.74 Å². The number of thiazole rings is 1. The summed E-state index contributed by atoms with van der Waals surface area (Å²) in [6, 6.07) is 10.2. The number of aromatic nitrogens is 2. The van der Waals surface area contributed by atoms with Gasteiger partial charge < -0.3 is 4.74 Å². The van der Waals surface area contributed by atoms with Gasteiger partial charge in [-0.05, 0) is 31.4 Å². The molecule has 3 aromatic rings. The summed E-state index contributed by atoms with van der Waals surface area (Å²) >= 11 is 1.76. The van der Waals surface area contributed by atoms with Gasteiger partial charge in [0.2, 0.25) is 0 Å². The molecule has 0 aliphatic heterocycles. The number of ether oxygens (including phenoxy) is 1. The first-order valence-electron chi connectivity index (χ1n) is 7.35. The summed E-state index contributed by atoms with van der Waals surface area (Å²) in [5.41, 5.74) is 4.16. The molecule has 1 aliphatic rings. The molecule has 0 saturated heterocycles. The summed E-state index contributed by atoms with van der Waals surface area (Å²) in [6.07, 6.45) is 3.78. The van der Waals surface area contributed by atoms with E-state index in [1.165, 1.54) is 17.0 Å². The topological polar surface area (TPSA) is 50.3 Å². The van der Waals surface area contributed by atoms with Crippen LogP contribution in [-0.4, -0.2) is 16.5 Å². The highest BCUT2D eigenvalue weighted by molar-refractivity contribution is 7.17.